The fourth-order valence-corrected chi connectivity index (χ4v) is 1.39. The second-order valence-electron chi connectivity index (χ2n) is 3.76. The summed E-state index contributed by atoms with van der Waals surface area (Å²) in [6, 6.07) is 6.14. The third-order valence-electron chi connectivity index (χ3n) is 2.35. The van der Waals surface area contributed by atoms with Crippen molar-refractivity contribution in [1.29, 1.82) is 5.26 Å². The second-order valence-corrected chi connectivity index (χ2v) is 3.76. The minimum Gasteiger partial charge on any atom is -0.437 e. The number of hydrogen-bond donors (Lipinski definition) is 0. The molecule has 0 atom stereocenters. The topological polar surface area (TPSA) is 58.8 Å². The third-order valence-corrected chi connectivity index (χ3v) is 2.35. The maximum absolute atomic E-state index is 13.1. The highest BCUT2D eigenvalue weighted by Crippen LogP contribution is 2.26. The molecule has 0 radical (unpaired) electrons. The van der Waals surface area contributed by atoms with E-state index in [-0.39, 0.29) is 11.4 Å². The lowest BCUT2D eigenvalue weighted by molar-refractivity contribution is 0.450. The van der Waals surface area contributed by atoms with E-state index in [2.05, 4.69) is 9.97 Å². The summed E-state index contributed by atoms with van der Waals surface area (Å²) in [5, 5.41) is 8.93. The number of rotatable bonds is 2. The summed E-state index contributed by atoms with van der Waals surface area (Å²) < 4.78 is 18.6. The van der Waals surface area contributed by atoms with Crippen LogP contribution >= 0.6 is 0 Å². The highest BCUT2D eigenvalue weighted by atomic mass is 19.1. The van der Waals surface area contributed by atoms with Gasteiger partial charge in [-0.2, -0.15) is 10.2 Å². The van der Waals surface area contributed by atoms with Crippen molar-refractivity contribution in [2.24, 2.45) is 0 Å². The van der Waals surface area contributed by atoms with Gasteiger partial charge in [-0.15, -0.1) is 0 Å². The Labute approximate surface area is 104 Å². The molecule has 2 aromatic rings. The van der Waals surface area contributed by atoms with Crippen LogP contribution in [-0.4, -0.2) is 9.97 Å². The molecule has 1 aromatic carbocycles. The largest absolute Gasteiger partial charge is 0.437 e. The Morgan fingerprint density at radius 2 is 2.11 bits per heavy atom. The summed E-state index contributed by atoms with van der Waals surface area (Å²) in [6.07, 6.45) is 1.38. The molecular formula is C13H10FN3O. The van der Waals surface area contributed by atoms with Crippen molar-refractivity contribution in [3.05, 3.63) is 47.2 Å². The van der Waals surface area contributed by atoms with Crippen molar-refractivity contribution in [2.75, 3.05) is 0 Å². The van der Waals surface area contributed by atoms with Crippen LogP contribution < -0.4 is 4.74 Å². The highest BCUT2D eigenvalue weighted by molar-refractivity contribution is 5.41. The zero-order valence-electron chi connectivity index (χ0n) is 9.94. The lowest BCUT2D eigenvalue weighted by atomic mass is 10.2. The van der Waals surface area contributed by atoms with E-state index < -0.39 is 5.82 Å². The molecule has 5 heteroatoms. The zero-order chi connectivity index (χ0) is 13.1. The van der Waals surface area contributed by atoms with Gasteiger partial charge in [-0.1, -0.05) is 6.07 Å². The molecule has 1 aromatic heterocycles. The molecule has 0 N–H and O–H groups in total. The summed E-state index contributed by atoms with van der Waals surface area (Å²) in [7, 11) is 0. The molecule has 0 aliphatic heterocycles. The fourth-order valence-electron chi connectivity index (χ4n) is 1.39. The number of nitrogens with zero attached hydrogens (tertiary/aromatic N) is 3. The Hall–Kier alpha value is -2.48. The van der Waals surface area contributed by atoms with Crippen LogP contribution in [0.5, 0.6) is 11.6 Å². The summed E-state index contributed by atoms with van der Waals surface area (Å²) >= 11 is 0. The van der Waals surface area contributed by atoms with Crippen LogP contribution in [0, 0.1) is 31.0 Å². The molecular weight excluding hydrogens is 233 g/mol. The normalized spacial score (nSPS) is 9.89. The van der Waals surface area contributed by atoms with E-state index in [0.29, 0.717) is 11.6 Å². The molecule has 0 saturated carbocycles. The second kappa shape index (κ2) is 4.80. The van der Waals surface area contributed by atoms with Crippen molar-refractivity contribution < 1.29 is 9.13 Å². The number of aryl methyl sites for hydroxylation is 2. The number of ether oxygens (including phenoxy) is 1. The maximum Gasteiger partial charge on any atom is 0.240 e. The van der Waals surface area contributed by atoms with Gasteiger partial charge < -0.3 is 4.74 Å². The minimum atomic E-state index is -0.403. The predicted octanol–water partition coefficient (Wildman–Crippen LogP) is 2.90. The molecule has 0 unspecified atom stereocenters. The molecule has 0 saturated heterocycles. The Kier molecular flexibility index (Phi) is 3.20. The Morgan fingerprint density at radius 3 is 2.83 bits per heavy atom. The molecule has 4 nitrogen and oxygen atoms in total. The average molecular weight is 243 g/mol. The van der Waals surface area contributed by atoms with Crippen LogP contribution in [0.3, 0.4) is 0 Å². The number of hydrogen-bond acceptors (Lipinski definition) is 4. The lowest BCUT2D eigenvalue weighted by Crippen LogP contribution is -1.97. The van der Waals surface area contributed by atoms with Gasteiger partial charge in [0.05, 0.1) is 6.20 Å². The standard InChI is InChI=1S/C13H10FN3O/c1-8-3-4-11(14)5-12(8)18-13-10(6-15)7-16-9(2)17-13/h3-5,7H,1-2H3. The average Bonchev–Trinajstić information content (AvgIpc) is 2.34. The molecule has 0 aliphatic carbocycles. The van der Waals surface area contributed by atoms with Crippen LogP contribution in [0.2, 0.25) is 0 Å². The van der Waals surface area contributed by atoms with Crippen LogP contribution in [0.25, 0.3) is 0 Å². The van der Waals surface area contributed by atoms with E-state index in [4.69, 9.17) is 10.00 Å². The van der Waals surface area contributed by atoms with Gasteiger partial charge in [-0.05, 0) is 25.5 Å². The van der Waals surface area contributed by atoms with Crippen molar-refractivity contribution in [1.82, 2.24) is 9.97 Å². The van der Waals surface area contributed by atoms with E-state index >= 15 is 0 Å². The molecule has 90 valence electrons. The van der Waals surface area contributed by atoms with Gasteiger partial charge >= 0.3 is 0 Å². The van der Waals surface area contributed by atoms with Crippen molar-refractivity contribution in [3.8, 4) is 17.7 Å². The predicted molar refractivity (Wildman–Crippen MR) is 62.7 cm³/mol. The van der Waals surface area contributed by atoms with Crippen molar-refractivity contribution in [3.63, 3.8) is 0 Å². The molecule has 0 aliphatic rings. The van der Waals surface area contributed by atoms with Gasteiger partial charge in [-0.3, -0.25) is 0 Å². The van der Waals surface area contributed by atoms with Gasteiger partial charge in [0.2, 0.25) is 5.88 Å². The van der Waals surface area contributed by atoms with E-state index in [1.807, 2.05) is 6.07 Å². The first-order chi connectivity index (χ1) is 8.60. The summed E-state index contributed by atoms with van der Waals surface area (Å²) in [5.41, 5.74) is 0.973. The van der Waals surface area contributed by atoms with Gasteiger partial charge in [-0.25, -0.2) is 9.37 Å². The van der Waals surface area contributed by atoms with Gasteiger partial charge in [0.15, 0.2) is 0 Å². The zero-order valence-corrected chi connectivity index (χ0v) is 9.94. The van der Waals surface area contributed by atoms with Crippen LogP contribution in [0.15, 0.2) is 24.4 Å². The first-order valence-electron chi connectivity index (χ1n) is 5.28. The molecule has 0 fully saturated rings. The monoisotopic (exact) mass is 243 g/mol. The molecule has 1 heterocycles. The van der Waals surface area contributed by atoms with Gasteiger partial charge in [0, 0.05) is 6.07 Å². The SMILES string of the molecule is Cc1ncc(C#N)c(Oc2cc(F)ccc2C)n1. The summed E-state index contributed by atoms with van der Waals surface area (Å²) in [5.74, 6) is 0.557. The number of nitriles is 1. The highest BCUT2D eigenvalue weighted by Gasteiger charge is 2.10. The van der Waals surface area contributed by atoms with Gasteiger partial charge in [0.1, 0.15) is 29.0 Å². The Morgan fingerprint density at radius 1 is 1.33 bits per heavy atom. The maximum atomic E-state index is 13.1. The van der Waals surface area contributed by atoms with Crippen LogP contribution in [-0.2, 0) is 0 Å². The summed E-state index contributed by atoms with van der Waals surface area (Å²) in [6.45, 7) is 3.47. The van der Waals surface area contributed by atoms with E-state index in [1.54, 1.807) is 19.9 Å². The first-order valence-corrected chi connectivity index (χ1v) is 5.28. The fraction of sp³-hybridized carbons (Fsp3) is 0.154. The Balaban J connectivity index is 2.43. The molecule has 0 bridgehead atoms. The lowest BCUT2D eigenvalue weighted by Gasteiger charge is -2.09. The van der Waals surface area contributed by atoms with E-state index in [0.717, 1.165) is 5.56 Å². The smallest absolute Gasteiger partial charge is 0.240 e. The van der Waals surface area contributed by atoms with Crippen molar-refractivity contribution >= 4 is 0 Å². The quantitative estimate of drug-likeness (QED) is 0.813. The summed E-state index contributed by atoms with van der Waals surface area (Å²) in [4.78, 5) is 7.94. The minimum absolute atomic E-state index is 0.138. The molecule has 0 amide bonds. The van der Waals surface area contributed by atoms with Crippen molar-refractivity contribution in [2.45, 2.75) is 13.8 Å². The molecule has 0 spiro atoms. The van der Waals surface area contributed by atoms with E-state index in [1.165, 1.54) is 18.3 Å². The van der Waals surface area contributed by atoms with Crippen LogP contribution in [0.4, 0.5) is 4.39 Å². The van der Waals surface area contributed by atoms with Crippen LogP contribution in [0.1, 0.15) is 17.0 Å². The number of benzene rings is 1. The number of halogens is 1. The molecule has 18 heavy (non-hydrogen) atoms. The number of aromatic nitrogens is 2. The molecule has 2 rings (SSSR count). The first kappa shape index (κ1) is 12.0. The van der Waals surface area contributed by atoms with Gasteiger partial charge in [0.25, 0.3) is 0 Å². The van der Waals surface area contributed by atoms with E-state index in [9.17, 15) is 4.39 Å². The Bertz CT molecular complexity index is 635. The third kappa shape index (κ3) is 2.43.